The molecule has 3 heteroatoms. The molecule has 0 bridgehead atoms. The van der Waals surface area contributed by atoms with Gasteiger partial charge in [0.2, 0.25) is 0 Å². The van der Waals surface area contributed by atoms with Crippen molar-refractivity contribution in [1.29, 1.82) is 0 Å². The van der Waals surface area contributed by atoms with E-state index in [4.69, 9.17) is 5.26 Å². The quantitative estimate of drug-likeness (QED) is 0.485. The van der Waals surface area contributed by atoms with Crippen LogP contribution in [0.3, 0.4) is 0 Å². The lowest BCUT2D eigenvalue weighted by Crippen LogP contribution is -2.03. The van der Waals surface area contributed by atoms with Crippen LogP contribution in [0.2, 0.25) is 0 Å². The monoisotopic (exact) mass is 248 g/mol. The Kier molecular flexibility index (Phi) is 9.23. The second-order valence-corrected chi connectivity index (χ2v) is 3.70. The first kappa shape index (κ1) is 16.1. The fourth-order valence-corrected chi connectivity index (χ4v) is 1.15. The smallest absolute Gasteiger partial charge is 0.296 e. The Balaban J connectivity index is 0.000000327. The molecule has 18 heavy (non-hydrogen) atoms. The molecule has 0 aliphatic heterocycles. The molecule has 1 rings (SSSR count). The maximum atomic E-state index is 10.4. The summed E-state index contributed by atoms with van der Waals surface area (Å²) in [5.41, 5.74) is 1.50. The second-order valence-electron chi connectivity index (χ2n) is 3.70. The van der Waals surface area contributed by atoms with Gasteiger partial charge in [-0.1, -0.05) is 62.9 Å². The van der Waals surface area contributed by atoms with Gasteiger partial charge in [-0.3, -0.25) is 4.89 Å². The van der Waals surface area contributed by atoms with Gasteiger partial charge in [0.25, 0.3) is 0 Å². The van der Waals surface area contributed by atoms with Crippen LogP contribution < -0.4 is 0 Å². The molecule has 0 aliphatic carbocycles. The molecular weight excluding hydrogens is 228 g/mol. The molecule has 1 aromatic carbocycles. The third-order valence-corrected chi connectivity index (χ3v) is 2.24. The Morgan fingerprint density at radius 1 is 1.39 bits per heavy atom. The van der Waals surface area contributed by atoms with E-state index in [0.717, 1.165) is 12.8 Å². The Labute approximate surface area is 108 Å². The lowest BCUT2D eigenvalue weighted by Gasteiger charge is -1.98. The van der Waals surface area contributed by atoms with Crippen LogP contribution in [0, 0.1) is 0 Å². The molecule has 1 aromatic rings. The van der Waals surface area contributed by atoms with Crippen LogP contribution >= 0.6 is 0 Å². The zero-order valence-corrected chi connectivity index (χ0v) is 10.8. The summed E-state index contributed by atoms with van der Waals surface area (Å²) in [4.78, 5) is 13.9. The van der Waals surface area contributed by atoms with Crippen molar-refractivity contribution in [3.8, 4) is 0 Å². The summed E-state index contributed by atoms with van der Waals surface area (Å²) in [5.74, 6) is -0.728. The molecule has 1 N–H and O–H groups in total. The SMILES string of the molecule is C=C(CCCC)C(=O)OO.C=Cc1ccccc1. The van der Waals surface area contributed by atoms with Gasteiger partial charge < -0.3 is 0 Å². The number of benzene rings is 1. The molecular formula is C15H20O3. The van der Waals surface area contributed by atoms with E-state index in [9.17, 15) is 4.79 Å². The van der Waals surface area contributed by atoms with Crippen LogP contribution in [0.15, 0.2) is 49.1 Å². The highest BCUT2D eigenvalue weighted by atomic mass is 17.1. The molecule has 0 aromatic heterocycles. The molecule has 0 radical (unpaired) electrons. The van der Waals surface area contributed by atoms with Crippen LogP contribution in [-0.4, -0.2) is 11.2 Å². The van der Waals surface area contributed by atoms with Crippen LogP contribution in [0.5, 0.6) is 0 Å². The minimum atomic E-state index is -0.728. The van der Waals surface area contributed by atoms with E-state index in [1.165, 1.54) is 5.56 Å². The third-order valence-electron chi connectivity index (χ3n) is 2.24. The second kappa shape index (κ2) is 10.3. The molecule has 0 aliphatic rings. The molecule has 98 valence electrons. The first-order valence-corrected chi connectivity index (χ1v) is 5.86. The van der Waals surface area contributed by atoms with E-state index >= 15 is 0 Å². The van der Waals surface area contributed by atoms with Crippen molar-refractivity contribution < 1.29 is 14.9 Å². The minimum Gasteiger partial charge on any atom is -0.296 e. The van der Waals surface area contributed by atoms with Gasteiger partial charge in [0.05, 0.1) is 0 Å². The summed E-state index contributed by atoms with van der Waals surface area (Å²) in [6.07, 6.45) is 4.32. The van der Waals surface area contributed by atoms with E-state index in [2.05, 4.69) is 18.0 Å². The first-order valence-electron chi connectivity index (χ1n) is 5.86. The Hall–Kier alpha value is -1.87. The van der Waals surface area contributed by atoms with Gasteiger partial charge in [-0.25, -0.2) is 4.79 Å². The predicted molar refractivity (Wildman–Crippen MR) is 73.9 cm³/mol. The topological polar surface area (TPSA) is 46.5 Å². The average Bonchev–Trinajstić information content (AvgIpc) is 2.45. The lowest BCUT2D eigenvalue weighted by atomic mass is 10.1. The van der Waals surface area contributed by atoms with E-state index in [1.54, 1.807) is 0 Å². The first-order chi connectivity index (χ1) is 8.65. The summed E-state index contributed by atoms with van der Waals surface area (Å²) in [7, 11) is 0. The van der Waals surface area contributed by atoms with Crippen LogP contribution in [0.25, 0.3) is 6.08 Å². The number of hydrogen-bond donors (Lipinski definition) is 1. The van der Waals surface area contributed by atoms with E-state index in [-0.39, 0.29) is 0 Å². The molecule has 0 heterocycles. The van der Waals surface area contributed by atoms with Crippen molar-refractivity contribution in [2.75, 3.05) is 0 Å². The van der Waals surface area contributed by atoms with Gasteiger partial charge in [-0.2, -0.15) is 5.26 Å². The van der Waals surface area contributed by atoms with Crippen molar-refractivity contribution in [2.45, 2.75) is 26.2 Å². The maximum absolute atomic E-state index is 10.4. The summed E-state index contributed by atoms with van der Waals surface area (Å²) in [6, 6.07) is 10.0. The molecule has 0 fully saturated rings. The highest BCUT2D eigenvalue weighted by Gasteiger charge is 2.05. The number of carbonyl (C=O) groups is 1. The Morgan fingerprint density at radius 3 is 2.39 bits per heavy atom. The summed E-state index contributed by atoms with van der Waals surface area (Å²) >= 11 is 0. The summed E-state index contributed by atoms with van der Waals surface area (Å²) < 4.78 is 0. The van der Waals surface area contributed by atoms with Crippen molar-refractivity contribution in [2.24, 2.45) is 0 Å². The van der Waals surface area contributed by atoms with Gasteiger partial charge >= 0.3 is 5.97 Å². The van der Waals surface area contributed by atoms with Gasteiger partial charge in [0.1, 0.15) is 0 Å². The van der Waals surface area contributed by atoms with Crippen LogP contribution in [-0.2, 0) is 9.68 Å². The fourth-order valence-electron chi connectivity index (χ4n) is 1.15. The van der Waals surface area contributed by atoms with Gasteiger partial charge in [0, 0.05) is 5.57 Å². The molecule has 0 unspecified atom stereocenters. The van der Waals surface area contributed by atoms with Gasteiger partial charge in [0.15, 0.2) is 0 Å². The molecule has 0 atom stereocenters. The predicted octanol–water partition coefficient (Wildman–Crippen LogP) is 4.08. The zero-order chi connectivity index (χ0) is 13.8. The summed E-state index contributed by atoms with van der Waals surface area (Å²) in [6.45, 7) is 9.07. The fraction of sp³-hybridized carbons (Fsp3) is 0.267. The van der Waals surface area contributed by atoms with Crippen molar-refractivity contribution >= 4 is 12.0 Å². The maximum Gasteiger partial charge on any atom is 0.368 e. The largest absolute Gasteiger partial charge is 0.368 e. The molecule has 3 nitrogen and oxygen atoms in total. The Morgan fingerprint density at radius 2 is 2.00 bits per heavy atom. The number of rotatable bonds is 5. The van der Waals surface area contributed by atoms with E-state index in [1.807, 2.05) is 43.3 Å². The third kappa shape index (κ3) is 7.41. The Bertz CT molecular complexity index is 369. The average molecular weight is 248 g/mol. The highest BCUT2D eigenvalue weighted by Crippen LogP contribution is 2.05. The molecule has 0 saturated carbocycles. The number of carbonyl (C=O) groups excluding carboxylic acids is 1. The molecule has 0 saturated heterocycles. The van der Waals surface area contributed by atoms with Crippen molar-refractivity contribution in [3.63, 3.8) is 0 Å². The summed E-state index contributed by atoms with van der Waals surface area (Å²) in [5, 5.41) is 7.89. The number of unbranched alkanes of at least 4 members (excludes halogenated alkanes) is 1. The van der Waals surface area contributed by atoms with E-state index < -0.39 is 5.97 Å². The normalized spacial score (nSPS) is 8.78. The van der Waals surface area contributed by atoms with Crippen molar-refractivity contribution in [1.82, 2.24) is 0 Å². The number of hydrogen-bond acceptors (Lipinski definition) is 3. The standard InChI is InChI=1S/C8H8.C7H12O3/c1-2-8-6-4-3-5-7-8;1-3-4-5-6(2)7(8)10-9/h2-7H,1H2;9H,2-5H2,1H3. The van der Waals surface area contributed by atoms with E-state index in [0.29, 0.717) is 12.0 Å². The highest BCUT2D eigenvalue weighted by molar-refractivity contribution is 5.87. The van der Waals surface area contributed by atoms with Crippen LogP contribution in [0.4, 0.5) is 0 Å². The van der Waals surface area contributed by atoms with Crippen LogP contribution in [0.1, 0.15) is 31.7 Å². The van der Waals surface area contributed by atoms with Gasteiger partial charge in [-0.05, 0) is 18.4 Å². The van der Waals surface area contributed by atoms with Gasteiger partial charge in [-0.15, -0.1) is 0 Å². The lowest BCUT2D eigenvalue weighted by molar-refractivity contribution is -0.229. The zero-order valence-electron chi connectivity index (χ0n) is 10.8. The molecule has 0 amide bonds. The molecule has 0 spiro atoms. The minimum absolute atomic E-state index is 0.323. The van der Waals surface area contributed by atoms with Crippen molar-refractivity contribution in [3.05, 3.63) is 54.6 Å².